The lowest BCUT2D eigenvalue weighted by atomic mass is 10.2. The maximum Gasteiger partial charge on any atom is 0.338 e. The third-order valence-corrected chi connectivity index (χ3v) is 4.33. The van der Waals surface area contributed by atoms with E-state index in [1.807, 2.05) is 12.1 Å². The molecule has 0 aliphatic carbocycles. The van der Waals surface area contributed by atoms with Crippen LogP contribution in [0.3, 0.4) is 0 Å². The second-order valence-corrected chi connectivity index (χ2v) is 5.89. The van der Waals surface area contributed by atoms with Crippen LogP contribution in [0.25, 0.3) is 11.0 Å². The van der Waals surface area contributed by atoms with Gasteiger partial charge in [-0.2, -0.15) is 5.10 Å². The van der Waals surface area contributed by atoms with Gasteiger partial charge in [0.15, 0.2) is 5.65 Å². The lowest BCUT2D eigenvalue weighted by Crippen LogP contribution is -2.01. The topological polar surface area (TPSA) is 68.0 Å². The van der Waals surface area contributed by atoms with Crippen molar-refractivity contribution in [3.63, 3.8) is 0 Å². The predicted octanol–water partition coefficient (Wildman–Crippen LogP) is 3.47. The van der Waals surface area contributed by atoms with Crippen molar-refractivity contribution in [2.75, 3.05) is 0 Å². The van der Waals surface area contributed by atoms with Crippen molar-refractivity contribution < 1.29 is 9.90 Å². The first-order valence-corrected chi connectivity index (χ1v) is 7.23. The SMILES string of the molecule is Cn1ncc2c(Sc3cccc(Cl)c3)c(C(=O)O)cnc21. The van der Waals surface area contributed by atoms with Crippen molar-refractivity contribution >= 4 is 40.4 Å². The first kappa shape index (κ1) is 13.9. The number of halogens is 1. The first-order chi connectivity index (χ1) is 10.1. The molecule has 0 aliphatic heterocycles. The summed E-state index contributed by atoms with van der Waals surface area (Å²) in [6.45, 7) is 0. The molecule has 3 aromatic rings. The van der Waals surface area contributed by atoms with Gasteiger partial charge in [-0.3, -0.25) is 4.68 Å². The van der Waals surface area contributed by atoms with Gasteiger partial charge >= 0.3 is 5.97 Å². The highest BCUT2D eigenvalue weighted by Crippen LogP contribution is 2.36. The smallest absolute Gasteiger partial charge is 0.338 e. The van der Waals surface area contributed by atoms with Crippen LogP contribution >= 0.6 is 23.4 Å². The minimum absolute atomic E-state index is 0.153. The maximum atomic E-state index is 11.4. The summed E-state index contributed by atoms with van der Waals surface area (Å²) in [4.78, 5) is 17.1. The van der Waals surface area contributed by atoms with Crippen LogP contribution in [0.2, 0.25) is 5.02 Å². The molecule has 0 amide bonds. The Morgan fingerprint density at radius 3 is 2.90 bits per heavy atom. The molecular weight excluding hydrogens is 310 g/mol. The average Bonchev–Trinajstić information content (AvgIpc) is 2.81. The lowest BCUT2D eigenvalue weighted by molar-refractivity contribution is 0.0693. The highest BCUT2D eigenvalue weighted by Gasteiger charge is 2.18. The van der Waals surface area contributed by atoms with Gasteiger partial charge in [-0.05, 0) is 18.2 Å². The molecule has 1 N–H and O–H groups in total. The Labute approximate surface area is 129 Å². The van der Waals surface area contributed by atoms with Gasteiger partial charge in [-0.25, -0.2) is 9.78 Å². The molecule has 21 heavy (non-hydrogen) atoms. The zero-order valence-electron chi connectivity index (χ0n) is 10.9. The van der Waals surface area contributed by atoms with Crippen LogP contribution in [0.15, 0.2) is 46.5 Å². The van der Waals surface area contributed by atoms with E-state index >= 15 is 0 Å². The molecule has 0 spiro atoms. The number of benzene rings is 1. The maximum absolute atomic E-state index is 11.4. The molecule has 2 heterocycles. The Kier molecular flexibility index (Phi) is 3.57. The van der Waals surface area contributed by atoms with E-state index in [0.29, 0.717) is 21.0 Å². The molecule has 0 saturated heterocycles. The zero-order valence-corrected chi connectivity index (χ0v) is 12.5. The minimum Gasteiger partial charge on any atom is -0.478 e. The Bertz CT molecular complexity index is 847. The lowest BCUT2D eigenvalue weighted by Gasteiger charge is -2.07. The Hall–Kier alpha value is -2.05. The molecule has 0 bridgehead atoms. The number of pyridine rings is 1. The molecule has 1 aromatic carbocycles. The fraction of sp³-hybridized carbons (Fsp3) is 0.0714. The van der Waals surface area contributed by atoms with Gasteiger partial charge in [-0.15, -0.1) is 0 Å². The third kappa shape index (κ3) is 2.59. The van der Waals surface area contributed by atoms with Crippen LogP contribution in [0.1, 0.15) is 10.4 Å². The Morgan fingerprint density at radius 2 is 2.19 bits per heavy atom. The molecule has 106 valence electrons. The number of hydrogen-bond donors (Lipinski definition) is 1. The van der Waals surface area contributed by atoms with Crippen molar-refractivity contribution in [3.05, 3.63) is 47.2 Å². The van der Waals surface area contributed by atoms with E-state index in [9.17, 15) is 9.90 Å². The van der Waals surface area contributed by atoms with E-state index in [1.54, 1.807) is 30.1 Å². The second kappa shape index (κ2) is 5.38. The van der Waals surface area contributed by atoms with Crippen LogP contribution in [-0.4, -0.2) is 25.8 Å². The average molecular weight is 320 g/mol. The van der Waals surface area contributed by atoms with Gasteiger partial charge in [0.2, 0.25) is 0 Å². The van der Waals surface area contributed by atoms with Crippen LogP contribution in [0, 0.1) is 0 Å². The molecule has 7 heteroatoms. The van der Waals surface area contributed by atoms with E-state index in [4.69, 9.17) is 11.6 Å². The number of fused-ring (bicyclic) bond motifs is 1. The molecule has 0 unspecified atom stereocenters. The Balaban J connectivity index is 2.18. The molecular formula is C14H10ClN3O2S. The van der Waals surface area contributed by atoms with Crippen LogP contribution in [0.4, 0.5) is 0 Å². The van der Waals surface area contributed by atoms with Gasteiger partial charge in [0.1, 0.15) is 0 Å². The second-order valence-electron chi connectivity index (χ2n) is 4.37. The predicted molar refractivity (Wildman–Crippen MR) is 81.0 cm³/mol. The van der Waals surface area contributed by atoms with Gasteiger partial charge in [0.25, 0.3) is 0 Å². The number of aromatic carboxylic acids is 1. The number of carbonyl (C=O) groups is 1. The van der Waals surface area contributed by atoms with E-state index in [2.05, 4.69) is 10.1 Å². The van der Waals surface area contributed by atoms with Crippen molar-refractivity contribution in [1.82, 2.24) is 14.8 Å². The molecule has 0 saturated carbocycles. The van der Waals surface area contributed by atoms with E-state index in [1.165, 1.54) is 18.0 Å². The summed E-state index contributed by atoms with van der Waals surface area (Å²) in [6.07, 6.45) is 2.99. The molecule has 0 radical (unpaired) electrons. The van der Waals surface area contributed by atoms with Gasteiger partial charge < -0.3 is 5.11 Å². The Morgan fingerprint density at radius 1 is 1.38 bits per heavy atom. The molecule has 3 rings (SSSR count). The highest BCUT2D eigenvalue weighted by atomic mass is 35.5. The van der Waals surface area contributed by atoms with Gasteiger partial charge in [0, 0.05) is 28.1 Å². The van der Waals surface area contributed by atoms with Crippen LogP contribution in [0.5, 0.6) is 0 Å². The number of hydrogen-bond acceptors (Lipinski definition) is 4. The third-order valence-electron chi connectivity index (χ3n) is 2.96. The van der Waals surface area contributed by atoms with Crippen molar-refractivity contribution in [3.8, 4) is 0 Å². The first-order valence-electron chi connectivity index (χ1n) is 6.03. The number of aryl methyl sites for hydroxylation is 1. The molecule has 0 atom stereocenters. The fourth-order valence-electron chi connectivity index (χ4n) is 1.98. The van der Waals surface area contributed by atoms with Crippen LogP contribution in [-0.2, 0) is 7.05 Å². The summed E-state index contributed by atoms with van der Waals surface area (Å²) in [5.74, 6) is -1.02. The zero-order chi connectivity index (χ0) is 15.0. The summed E-state index contributed by atoms with van der Waals surface area (Å²) >= 11 is 7.32. The van der Waals surface area contributed by atoms with Gasteiger partial charge in [0.05, 0.1) is 17.1 Å². The molecule has 2 aromatic heterocycles. The monoisotopic (exact) mass is 319 g/mol. The number of carboxylic acid groups (broad SMARTS) is 1. The number of aromatic nitrogens is 3. The standard InChI is InChI=1S/C14H10ClN3O2S/c1-18-13-10(7-17-18)12(11(6-16-13)14(19)20)21-9-4-2-3-8(15)5-9/h2-7H,1H3,(H,19,20). The highest BCUT2D eigenvalue weighted by molar-refractivity contribution is 7.99. The van der Waals surface area contributed by atoms with Crippen molar-refractivity contribution in [1.29, 1.82) is 0 Å². The largest absolute Gasteiger partial charge is 0.478 e. The molecule has 0 aliphatic rings. The summed E-state index contributed by atoms with van der Waals surface area (Å²) in [5, 5.41) is 14.8. The normalized spacial score (nSPS) is 11.0. The summed E-state index contributed by atoms with van der Waals surface area (Å²) in [6, 6.07) is 7.27. The van der Waals surface area contributed by atoms with Gasteiger partial charge in [-0.1, -0.05) is 29.4 Å². The number of carboxylic acids is 1. The van der Waals surface area contributed by atoms with Crippen molar-refractivity contribution in [2.24, 2.45) is 7.05 Å². The molecule has 5 nitrogen and oxygen atoms in total. The molecule has 0 fully saturated rings. The summed E-state index contributed by atoms with van der Waals surface area (Å²) in [5.41, 5.74) is 0.796. The minimum atomic E-state index is -1.02. The number of rotatable bonds is 3. The summed E-state index contributed by atoms with van der Waals surface area (Å²) < 4.78 is 1.61. The summed E-state index contributed by atoms with van der Waals surface area (Å²) in [7, 11) is 1.77. The van der Waals surface area contributed by atoms with Crippen molar-refractivity contribution in [2.45, 2.75) is 9.79 Å². The van der Waals surface area contributed by atoms with E-state index in [0.717, 1.165) is 4.90 Å². The fourth-order valence-corrected chi connectivity index (χ4v) is 3.31. The van der Waals surface area contributed by atoms with E-state index in [-0.39, 0.29) is 5.56 Å². The number of nitrogens with zero attached hydrogens (tertiary/aromatic N) is 3. The van der Waals surface area contributed by atoms with Crippen LogP contribution < -0.4 is 0 Å². The van der Waals surface area contributed by atoms with E-state index < -0.39 is 5.97 Å². The quantitative estimate of drug-likeness (QED) is 0.800.